The van der Waals surface area contributed by atoms with Crippen LogP contribution in [-0.4, -0.2) is 30.8 Å². The average molecular weight is 365 g/mol. The Morgan fingerprint density at radius 3 is 2.64 bits per heavy atom. The van der Waals surface area contributed by atoms with Gasteiger partial charge in [0.15, 0.2) is 23.2 Å². The van der Waals surface area contributed by atoms with Gasteiger partial charge in [0.25, 0.3) is 5.91 Å². The van der Waals surface area contributed by atoms with E-state index in [-0.39, 0.29) is 12.5 Å². The van der Waals surface area contributed by atoms with E-state index in [9.17, 15) is 4.79 Å². The van der Waals surface area contributed by atoms with Crippen molar-refractivity contribution in [3.63, 3.8) is 0 Å². The first kappa shape index (κ1) is 19.3. The van der Waals surface area contributed by atoms with Crippen molar-refractivity contribution in [2.45, 2.75) is 39.2 Å². The van der Waals surface area contributed by atoms with Crippen LogP contribution < -0.4 is 25.6 Å². The van der Waals surface area contributed by atoms with Crippen molar-refractivity contribution in [3.8, 4) is 11.5 Å². The first-order valence-corrected chi connectivity index (χ1v) is 9.03. The number of rotatable bonds is 5. The zero-order chi connectivity index (χ0) is 18.2. The smallest absolute Gasteiger partial charge is 0.276 e. The van der Waals surface area contributed by atoms with Gasteiger partial charge in [-0.25, -0.2) is 0 Å². The van der Waals surface area contributed by atoms with Crippen LogP contribution in [0.25, 0.3) is 0 Å². The average Bonchev–Trinajstić information content (AvgIpc) is 2.62. The number of carbonyl (C=O) groups excluding carboxylic acids is 1. The largest absolute Gasteiger partial charge is 0.493 e. The lowest BCUT2D eigenvalue weighted by Crippen LogP contribution is -2.53. The summed E-state index contributed by atoms with van der Waals surface area (Å²) < 4.78 is 10.6. The predicted molar refractivity (Wildman–Crippen MR) is 101 cm³/mol. The molecule has 6 nitrogen and oxygen atoms in total. The molecule has 0 spiro atoms. The maximum atomic E-state index is 11.9. The van der Waals surface area contributed by atoms with Crippen LogP contribution in [0.5, 0.6) is 11.5 Å². The van der Waals surface area contributed by atoms with Crippen molar-refractivity contribution in [3.05, 3.63) is 24.3 Å². The standard InChI is InChI=1S/C18H27N3O3S/c1-12-7-6-8-14(13(12)2)19-18(25)21-20-17(22)11-24-16-10-5-4-9-15(16)23-3/h4-5,9-10,12-14H,6-8,11H2,1-3H3,(H,20,22)(H2,19,21,25)/t12-,13+,14-/m0/s1. The Morgan fingerprint density at radius 1 is 1.20 bits per heavy atom. The Bertz CT molecular complexity index is 597. The Balaban J connectivity index is 1.71. The molecule has 7 heteroatoms. The predicted octanol–water partition coefficient (Wildman–Crippen LogP) is 2.39. The normalized spacial score (nSPS) is 22.6. The quantitative estimate of drug-likeness (QED) is 0.550. The number of thiocarbonyl (C=S) groups is 1. The first-order chi connectivity index (χ1) is 12.0. The van der Waals surface area contributed by atoms with Crippen LogP contribution in [-0.2, 0) is 4.79 Å². The number of hydrogen-bond acceptors (Lipinski definition) is 4. The third kappa shape index (κ3) is 5.77. The fourth-order valence-corrected chi connectivity index (χ4v) is 3.24. The Labute approximate surface area is 154 Å². The molecule has 1 aromatic carbocycles. The molecular weight excluding hydrogens is 338 g/mol. The summed E-state index contributed by atoms with van der Waals surface area (Å²) in [7, 11) is 1.56. The number of benzene rings is 1. The molecule has 0 heterocycles. The summed E-state index contributed by atoms with van der Waals surface area (Å²) in [5, 5.41) is 3.72. The molecule has 0 aliphatic heterocycles. The molecule has 3 N–H and O–H groups in total. The molecule has 0 radical (unpaired) electrons. The summed E-state index contributed by atoms with van der Waals surface area (Å²) in [6.45, 7) is 4.38. The molecule has 0 saturated heterocycles. The number of para-hydroxylation sites is 2. The molecule has 2 rings (SSSR count). The lowest BCUT2D eigenvalue weighted by molar-refractivity contribution is -0.123. The molecular formula is C18H27N3O3S. The number of ether oxygens (including phenoxy) is 2. The number of amides is 1. The van der Waals surface area contributed by atoms with E-state index in [0.29, 0.717) is 34.5 Å². The zero-order valence-electron chi connectivity index (χ0n) is 15.0. The minimum atomic E-state index is -0.319. The number of hydrazine groups is 1. The molecule has 1 saturated carbocycles. The van der Waals surface area contributed by atoms with E-state index < -0.39 is 0 Å². The molecule has 1 aliphatic carbocycles. The van der Waals surface area contributed by atoms with Gasteiger partial charge in [0.2, 0.25) is 0 Å². The van der Waals surface area contributed by atoms with Crippen molar-refractivity contribution >= 4 is 23.2 Å². The van der Waals surface area contributed by atoms with Gasteiger partial charge < -0.3 is 14.8 Å². The molecule has 1 fully saturated rings. The van der Waals surface area contributed by atoms with Crippen LogP contribution in [0.1, 0.15) is 33.1 Å². The highest BCUT2D eigenvalue weighted by molar-refractivity contribution is 7.80. The van der Waals surface area contributed by atoms with Crippen LogP contribution in [0.3, 0.4) is 0 Å². The highest BCUT2D eigenvalue weighted by Gasteiger charge is 2.27. The Hall–Kier alpha value is -2.02. The van der Waals surface area contributed by atoms with Crippen LogP contribution in [0, 0.1) is 11.8 Å². The van der Waals surface area contributed by atoms with Crippen molar-refractivity contribution in [2.24, 2.45) is 11.8 Å². The molecule has 0 bridgehead atoms. The Kier molecular flexibility index (Phi) is 7.31. The fourth-order valence-electron chi connectivity index (χ4n) is 3.03. The Morgan fingerprint density at radius 2 is 1.92 bits per heavy atom. The molecule has 1 amide bonds. The monoisotopic (exact) mass is 365 g/mol. The van der Waals surface area contributed by atoms with E-state index in [1.54, 1.807) is 19.2 Å². The minimum absolute atomic E-state index is 0.132. The van der Waals surface area contributed by atoms with E-state index >= 15 is 0 Å². The van der Waals surface area contributed by atoms with Gasteiger partial charge in [0, 0.05) is 6.04 Å². The van der Waals surface area contributed by atoms with Gasteiger partial charge in [0.05, 0.1) is 7.11 Å². The molecule has 1 aliphatic rings. The highest BCUT2D eigenvalue weighted by atomic mass is 32.1. The summed E-state index contributed by atoms with van der Waals surface area (Å²) in [6.07, 6.45) is 3.56. The van der Waals surface area contributed by atoms with E-state index in [4.69, 9.17) is 21.7 Å². The topological polar surface area (TPSA) is 71.6 Å². The van der Waals surface area contributed by atoms with Crippen molar-refractivity contribution in [1.29, 1.82) is 0 Å². The zero-order valence-corrected chi connectivity index (χ0v) is 15.8. The van der Waals surface area contributed by atoms with E-state index in [0.717, 1.165) is 6.42 Å². The maximum absolute atomic E-state index is 11.9. The van der Waals surface area contributed by atoms with Crippen LogP contribution in [0.2, 0.25) is 0 Å². The lowest BCUT2D eigenvalue weighted by atomic mass is 9.78. The van der Waals surface area contributed by atoms with Gasteiger partial charge in [0.1, 0.15) is 0 Å². The van der Waals surface area contributed by atoms with Crippen molar-refractivity contribution < 1.29 is 14.3 Å². The molecule has 25 heavy (non-hydrogen) atoms. The third-order valence-electron chi connectivity index (χ3n) is 4.77. The number of nitrogens with one attached hydrogen (secondary N) is 3. The summed E-state index contributed by atoms with van der Waals surface area (Å²) in [5.74, 6) is 2.02. The van der Waals surface area contributed by atoms with Crippen LogP contribution in [0.4, 0.5) is 0 Å². The van der Waals surface area contributed by atoms with Crippen molar-refractivity contribution in [1.82, 2.24) is 16.2 Å². The SMILES string of the molecule is COc1ccccc1OCC(=O)NNC(=S)N[C@H]1CCC[C@H](C)[C@H]1C. The van der Waals surface area contributed by atoms with Gasteiger partial charge in [-0.1, -0.05) is 38.8 Å². The summed E-state index contributed by atoms with van der Waals surface area (Å²) in [5.41, 5.74) is 5.29. The van der Waals surface area contributed by atoms with Gasteiger partial charge in [-0.15, -0.1) is 0 Å². The second-order valence-electron chi connectivity index (χ2n) is 6.46. The second kappa shape index (κ2) is 9.46. The number of hydrogen-bond donors (Lipinski definition) is 3. The third-order valence-corrected chi connectivity index (χ3v) is 4.99. The van der Waals surface area contributed by atoms with Crippen LogP contribution in [0.15, 0.2) is 24.3 Å². The van der Waals surface area contributed by atoms with Gasteiger partial charge in [-0.05, 0) is 42.6 Å². The number of carbonyl (C=O) groups is 1. The summed E-state index contributed by atoms with van der Waals surface area (Å²) in [6, 6.07) is 7.52. The number of methoxy groups -OCH3 is 1. The fraction of sp³-hybridized carbons (Fsp3) is 0.556. The van der Waals surface area contributed by atoms with Crippen LogP contribution >= 0.6 is 12.2 Å². The maximum Gasteiger partial charge on any atom is 0.276 e. The molecule has 0 unspecified atom stereocenters. The molecule has 1 aromatic rings. The molecule has 3 atom stereocenters. The van der Waals surface area contributed by atoms with E-state index in [2.05, 4.69) is 30.0 Å². The molecule has 138 valence electrons. The summed E-state index contributed by atoms with van der Waals surface area (Å²) in [4.78, 5) is 11.9. The lowest BCUT2D eigenvalue weighted by Gasteiger charge is -2.35. The highest BCUT2D eigenvalue weighted by Crippen LogP contribution is 2.29. The van der Waals surface area contributed by atoms with E-state index in [1.165, 1.54) is 12.8 Å². The van der Waals surface area contributed by atoms with E-state index in [1.807, 2.05) is 12.1 Å². The summed E-state index contributed by atoms with van der Waals surface area (Å²) >= 11 is 5.26. The van der Waals surface area contributed by atoms with Gasteiger partial charge in [-0.3, -0.25) is 15.6 Å². The van der Waals surface area contributed by atoms with Crippen molar-refractivity contribution in [2.75, 3.05) is 13.7 Å². The van der Waals surface area contributed by atoms with Gasteiger partial charge >= 0.3 is 0 Å². The van der Waals surface area contributed by atoms with Gasteiger partial charge in [-0.2, -0.15) is 0 Å². The first-order valence-electron chi connectivity index (χ1n) is 8.62. The minimum Gasteiger partial charge on any atom is -0.493 e. The molecule has 0 aromatic heterocycles. The second-order valence-corrected chi connectivity index (χ2v) is 6.87.